The lowest BCUT2D eigenvalue weighted by Gasteiger charge is -2.65. The molecule has 2 saturated heterocycles. The minimum atomic E-state index is -1.54. The molecule has 0 aromatic heterocycles. The largest absolute Gasteiger partial charge is 0.394 e. The van der Waals surface area contributed by atoms with Crippen LogP contribution in [0.25, 0.3) is 0 Å². The topological polar surface area (TPSA) is 219 Å². The van der Waals surface area contributed by atoms with E-state index >= 15 is 0 Å². The second-order valence-electron chi connectivity index (χ2n) is 16.0. The van der Waals surface area contributed by atoms with E-state index in [1.165, 1.54) is 0 Å². The van der Waals surface area contributed by atoms with Crippen LogP contribution in [-0.2, 0) is 18.9 Å². The molecule has 260 valence electrons. The molecule has 45 heavy (non-hydrogen) atoms. The van der Waals surface area contributed by atoms with Gasteiger partial charge in [-0.15, -0.1) is 0 Å². The van der Waals surface area contributed by atoms with Gasteiger partial charge in [-0.25, -0.2) is 0 Å². The van der Waals surface area contributed by atoms with Crippen molar-refractivity contribution < 1.29 is 64.9 Å². The Kier molecular flexibility index (Phi) is 9.25. The SMILES string of the molecule is CC1(C)[C@@H](O[C@@H]2O[C@H](CO)[C@@H](O)[C@H](O)[C@H]2O)CC[C@]2(C)[C@@H]1CC[C@@]13C[C@@H](CC[C@H]12)[C@](O)(CO[C@@H]1O[C@H](CO)[C@@H](O)[C@H](O)[C@H]1O)C3. The average Bonchev–Trinajstić information content (AvgIpc) is 3.21. The molecule has 0 aromatic carbocycles. The molecule has 0 unspecified atom stereocenters. The molecule has 4 saturated carbocycles. The van der Waals surface area contributed by atoms with Crippen molar-refractivity contribution in [3.8, 4) is 0 Å². The van der Waals surface area contributed by atoms with Crippen molar-refractivity contribution in [2.24, 2.45) is 34.0 Å². The van der Waals surface area contributed by atoms with Gasteiger partial charge in [0.2, 0.25) is 0 Å². The molecule has 2 heterocycles. The molecule has 9 N–H and O–H groups in total. The second kappa shape index (κ2) is 12.1. The molecule has 0 aromatic rings. The van der Waals surface area contributed by atoms with Gasteiger partial charge in [0.15, 0.2) is 12.6 Å². The molecule has 13 nitrogen and oxygen atoms in total. The van der Waals surface area contributed by atoms with Crippen LogP contribution in [0.3, 0.4) is 0 Å². The van der Waals surface area contributed by atoms with Crippen LogP contribution >= 0.6 is 0 Å². The first-order chi connectivity index (χ1) is 21.1. The van der Waals surface area contributed by atoms with Crippen molar-refractivity contribution in [1.82, 2.24) is 0 Å². The highest BCUT2D eigenvalue weighted by Gasteiger charge is 2.68. The van der Waals surface area contributed by atoms with Gasteiger partial charge in [-0.1, -0.05) is 20.8 Å². The molecule has 2 bridgehead atoms. The van der Waals surface area contributed by atoms with Crippen molar-refractivity contribution in [2.75, 3.05) is 19.8 Å². The monoisotopic (exact) mass is 646 g/mol. The molecular formula is C32H54O13. The van der Waals surface area contributed by atoms with Gasteiger partial charge in [0, 0.05) is 0 Å². The van der Waals surface area contributed by atoms with Gasteiger partial charge in [0.1, 0.15) is 48.8 Å². The summed E-state index contributed by atoms with van der Waals surface area (Å²) in [6.45, 7) is 5.60. The Morgan fingerprint density at radius 2 is 1.29 bits per heavy atom. The third-order valence-corrected chi connectivity index (χ3v) is 13.3. The van der Waals surface area contributed by atoms with Gasteiger partial charge in [-0.3, -0.25) is 0 Å². The van der Waals surface area contributed by atoms with Gasteiger partial charge >= 0.3 is 0 Å². The lowest BCUT2D eigenvalue weighted by Crippen LogP contribution is -2.63. The number of ether oxygens (including phenoxy) is 4. The predicted octanol–water partition coefficient (Wildman–Crippen LogP) is -1.24. The molecule has 0 amide bonds. The van der Waals surface area contributed by atoms with Gasteiger partial charge < -0.3 is 64.9 Å². The van der Waals surface area contributed by atoms with Gasteiger partial charge in [-0.05, 0) is 85.4 Å². The summed E-state index contributed by atoms with van der Waals surface area (Å²) >= 11 is 0. The van der Waals surface area contributed by atoms with E-state index in [0.717, 1.165) is 38.5 Å². The summed E-state index contributed by atoms with van der Waals surface area (Å²) in [5, 5.41) is 93.1. The summed E-state index contributed by atoms with van der Waals surface area (Å²) in [5.41, 5.74) is -1.57. The van der Waals surface area contributed by atoms with E-state index in [1.54, 1.807) is 0 Å². The molecule has 6 aliphatic rings. The van der Waals surface area contributed by atoms with Crippen LogP contribution in [0.2, 0.25) is 0 Å². The molecule has 17 atom stereocenters. The average molecular weight is 647 g/mol. The molecule has 0 radical (unpaired) electrons. The molecule has 1 spiro atoms. The van der Waals surface area contributed by atoms with Gasteiger partial charge in [0.05, 0.1) is 31.5 Å². The Morgan fingerprint density at radius 3 is 1.91 bits per heavy atom. The fourth-order valence-corrected chi connectivity index (χ4v) is 11.0. The fourth-order valence-electron chi connectivity index (χ4n) is 11.0. The van der Waals surface area contributed by atoms with Crippen LogP contribution in [0.1, 0.15) is 72.1 Å². The van der Waals surface area contributed by atoms with E-state index in [1.807, 2.05) is 0 Å². The molecule has 13 heteroatoms. The van der Waals surface area contributed by atoms with E-state index in [4.69, 9.17) is 18.9 Å². The highest BCUT2D eigenvalue weighted by Crippen LogP contribution is 2.73. The lowest BCUT2D eigenvalue weighted by molar-refractivity contribution is -0.329. The summed E-state index contributed by atoms with van der Waals surface area (Å²) < 4.78 is 23.5. The van der Waals surface area contributed by atoms with Crippen LogP contribution in [0.4, 0.5) is 0 Å². The third kappa shape index (κ3) is 5.42. The highest BCUT2D eigenvalue weighted by atomic mass is 16.7. The van der Waals surface area contributed by atoms with E-state index in [2.05, 4.69) is 20.8 Å². The summed E-state index contributed by atoms with van der Waals surface area (Å²) in [5.74, 6) is 0.645. The number of hydrogen-bond donors (Lipinski definition) is 9. The van der Waals surface area contributed by atoms with Crippen LogP contribution < -0.4 is 0 Å². The Bertz CT molecular complexity index is 1060. The lowest BCUT2D eigenvalue weighted by atomic mass is 9.41. The molecule has 4 aliphatic carbocycles. The number of aliphatic hydroxyl groups excluding tert-OH is 8. The zero-order valence-corrected chi connectivity index (χ0v) is 26.5. The minimum absolute atomic E-state index is 0.0117. The summed E-state index contributed by atoms with van der Waals surface area (Å²) in [7, 11) is 0. The van der Waals surface area contributed by atoms with Crippen LogP contribution in [0.15, 0.2) is 0 Å². The molecule has 2 aliphatic heterocycles. The first-order valence-electron chi connectivity index (χ1n) is 16.7. The minimum Gasteiger partial charge on any atom is -0.394 e. The van der Waals surface area contributed by atoms with Crippen molar-refractivity contribution in [1.29, 1.82) is 0 Å². The van der Waals surface area contributed by atoms with E-state index in [0.29, 0.717) is 18.8 Å². The predicted molar refractivity (Wildman–Crippen MR) is 155 cm³/mol. The number of fused-ring (bicyclic) bond motifs is 3. The van der Waals surface area contributed by atoms with E-state index in [9.17, 15) is 46.0 Å². The Labute approximate surface area is 264 Å². The first kappa shape index (κ1) is 34.3. The molecular weight excluding hydrogens is 592 g/mol. The normalized spacial score (nSPS) is 56.0. The highest BCUT2D eigenvalue weighted by molar-refractivity contribution is 5.17. The Morgan fingerprint density at radius 1 is 0.689 bits per heavy atom. The van der Waals surface area contributed by atoms with Crippen LogP contribution in [0.5, 0.6) is 0 Å². The number of aliphatic hydroxyl groups is 9. The quantitative estimate of drug-likeness (QED) is 0.148. The summed E-state index contributed by atoms with van der Waals surface area (Å²) in [4.78, 5) is 0. The summed E-state index contributed by atoms with van der Waals surface area (Å²) in [6, 6.07) is 0. The summed E-state index contributed by atoms with van der Waals surface area (Å²) in [6.07, 6.45) is -7.11. The number of hydrogen-bond acceptors (Lipinski definition) is 13. The smallest absolute Gasteiger partial charge is 0.186 e. The Hall–Kier alpha value is -0.520. The molecule has 6 rings (SSSR count). The van der Waals surface area contributed by atoms with Gasteiger partial charge in [-0.2, -0.15) is 0 Å². The van der Waals surface area contributed by atoms with Crippen molar-refractivity contribution in [2.45, 2.75) is 145 Å². The molecule has 6 fully saturated rings. The maximum Gasteiger partial charge on any atom is 0.186 e. The number of rotatable bonds is 7. The van der Waals surface area contributed by atoms with Crippen molar-refractivity contribution >= 4 is 0 Å². The zero-order chi connectivity index (χ0) is 32.7. The van der Waals surface area contributed by atoms with E-state index in [-0.39, 0.29) is 40.8 Å². The van der Waals surface area contributed by atoms with Crippen LogP contribution in [-0.4, -0.2) is 139 Å². The van der Waals surface area contributed by atoms with E-state index < -0.39 is 80.2 Å². The maximum absolute atomic E-state index is 12.0. The fraction of sp³-hybridized carbons (Fsp3) is 1.00. The Balaban J connectivity index is 1.15. The second-order valence-corrected chi connectivity index (χ2v) is 16.0. The zero-order valence-electron chi connectivity index (χ0n) is 26.5. The first-order valence-corrected chi connectivity index (χ1v) is 16.7. The standard InChI is InChI=1S/C32H54O13/c1-29(2)18-6-9-31-10-15(32(41,13-31)14-42-27-25(39)23(37)21(35)16(11-33)43-27)4-5-19(31)30(18,3)8-7-20(29)45-28-26(40)24(38)22(36)17(12-34)44-28/h15-28,33-41H,4-14H2,1-3H3/t15-,16-,17-,18-,19+,20+,21-,22-,23+,24+,25-,26-,27-,28+,30-,31+,32-/m1/s1. The van der Waals surface area contributed by atoms with Crippen molar-refractivity contribution in [3.05, 3.63) is 0 Å². The van der Waals surface area contributed by atoms with Crippen LogP contribution in [0, 0.1) is 34.0 Å². The van der Waals surface area contributed by atoms with Gasteiger partial charge in [0.25, 0.3) is 0 Å². The maximum atomic E-state index is 12.0. The third-order valence-electron chi connectivity index (χ3n) is 13.3. The van der Waals surface area contributed by atoms with Crippen molar-refractivity contribution in [3.63, 3.8) is 0 Å².